The number of carbonyl (C=O) groups is 2. The minimum atomic E-state index is -1.08. The molecule has 1 fully saturated rings. The quantitative estimate of drug-likeness (QED) is 0.850. The van der Waals surface area contributed by atoms with Crippen LogP contribution in [0.25, 0.3) is 0 Å². The van der Waals surface area contributed by atoms with Crippen LogP contribution in [-0.4, -0.2) is 38.3 Å². The van der Waals surface area contributed by atoms with Crippen LogP contribution in [0, 0.1) is 13.8 Å². The maximum atomic E-state index is 12.7. The van der Waals surface area contributed by atoms with Gasteiger partial charge in [0.15, 0.2) is 0 Å². The van der Waals surface area contributed by atoms with Crippen LogP contribution in [0.1, 0.15) is 29.5 Å². The summed E-state index contributed by atoms with van der Waals surface area (Å²) in [5.41, 5.74) is 1.30. The van der Waals surface area contributed by atoms with E-state index in [1.54, 1.807) is 31.0 Å². The van der Waals surface area contributed by atoms with Gasteiger partial charge >= 0.3 is 6.03 Å². The maximum absolute atomic E-state index is 12.7. The molecule has 0 saturated carbocycles. The monoisotopic (exact) mass is 317 g/mol. The Labute approximate surface area is 133 Å². The third kappa shape index (κ3) is 2.39. The van der Waals surface area contributed by atoms with Gasteiger partial charge in [0.2, 0.25) is 0 Å². The Morgan fingerprint density at radius 1 is 1.35 bits per heavy atom. The lowest BCUT2D eigenvalue weighted by atomic mass is 9.95. The fourth-order valence-electron chi connectivity index (χ4n) is 2.86. The molecule has 0 radical (unpaired) electrons. The Morgan fingerprint density at radius 3 is 2.65 bits per heavy atom. The zero-order chi connectivity index (χ0) is 16.8. The standard InChI is InChI=1S/C15H19N5O3/c1-9-12(10(2)23-18-9)5-6-20-13(21)15(3,17-14(20)22)11-7-16-19(4)8-11/h7-8H,5-6H2,1-4H3,(H,17,22)/t15-/m1/s1. The number of urea groups is 1. The van der Waals surface area contributed by atoms with E-state index in [9.17, 15) is 9.59 Å². The van der Waals surface area contributed by atoms with Gasteiger partial charge in [-0.05, 0) is 27.2 Å². The molecule has 2 aromatic heterocycles. The molecule has 0 aliphatic carbocycles. The molecule has 0 aromatic carbocycles. The van der Waals surface area contributed by atoms with Crippen molar-refractivity contribution in [2.24, 2.45) is 7.05 Å². The van der Waals surface area contributed by atoms with E-state index in [0.717, 1.165) is 11.3 Å². The number of aryl methyl sites for hydroxylation is 3. The van der Waals surface area contributed by atoms with Crippen molar-refractivity contribution in [3.63, 3.8) is 0 Å². The van der Waals surface area contributed by atoms with Gasteiger partial charge in [0.1, 0.15) is 11.3 Å². The first-order valence-corrected chi connectivity index (χ1v) is 7.38. The van der Waals surface area contributed by atoms with Crippen molar-refractivity contribution in [2.75, 3.05) is 6.54 Å². The summed E-state index contributed by atoms with van der Waals surface area (Å²) in [5, 5.41) is 10.7. The number of hydrogen-bond donors (Lipinski definition) is 1. The fourth-order valence-corrected chi connectivity index (χ4v) is 2.86. The SMILES string of the molecule is Cc1noc(C)c1CCN1C(=O)N[C@](C)(c2cnn(C)c2)C1=O. The first-order chi connectivity index (χ1) is 10.8. The number of rotatable bonds is 4. The van der Waals surface area contributed by atoms with Gasteiger partial charge in [0, 0.05) is 30.9 Å². The van der Waals surface area contributed by atoms with Crippen molar-refractivity contribution in [1.82, 2.24) is 25.2 Å². The zero-order valence-corrected chi connectivity index (χ0v) is 13.6. The molecule has 1 aliphatic rings. The first-order valence-electron chi connectivity index (χ1n) is 7.38. The highest BCUT2D eigenvalue weighted by atomic mass is 16.5. The van der Waals surface area contributed by atoms with Crippen molar-refractivity contribution in [3.05, 3.63) is 35.0 Å². The van der Waals surface area contributed by atoms with E-state index < -0.39 is 11.6 Å². The Bertz CT molecular complexity index is 758. The second kappa shape index (κ2) is 5.22. The number of amides is 3. The summed E-state index contributed by atoms with van der Waals surface area (Å²) < 4.78 is 6.72. The molecular weight excluding hydrogens is 298 g/mol. The van der Waals surface area contributed by atoms with Gasteiger partial charge in [-0.2, -0.15) is 5.10 Å². The minimum Gasteiger partial charge on any atom is -0.361 e. The molecule has 1 aliphatic heterocycles. The molecule has 1 saturated heterocycles. The molecule has 8 heteroatoms. The molecular formula is C15H19N5O3. The topological polar surface area (TPSA) is 93.3 Å². The molecule has 2 aromatic rings. The molecule has 0 bridgehead atoms. The third-order valence-electron chi connectivity index (χ3n) is 4.32. The van der Waals surface area contributed by atoms with E-state index in [4.69, 9.17) is 4.52 Å². The van der Waals surface area contributed by atoms with Crippen LogP contribution in [0.15, 0.2) is 16.9 Å². The molecule has 1 N–H and O–H groups in total. The summed E-state index contributed by atoms with van der Waals surface area (Å²) in [6.07, 6.45) is 3.84. The summed E-state index contributed by atoms with van der Waals surface area (Å²) in [6, 6.07) is -0.395. The lowest BCUT2D eigenvalue weighted by Gasteiger charge is -2.20. The van der Waals surface area contributed by atoms with Crippen molar-refractivity contribution < 1.29 is 14.1 Å². The highest BCUT2D eigenvalue weighted by Gasteiger charge is 2.49. The molecule has 8 nitrogen and oxygen atoms in total. The lowest BCUT2D eigenvalue weighted by Crippen LogP contribution is -2.40. The molecule has 3 amide bonds. The Balaban J connectivity index is 1.79. The predicted molar refractivity (Wildman–Crippen MR) is 80.5 cm³/mol. The van der Waals surface area contributed by atoms with Crippen LogP contribution in [0.2, 0.25) is 0 Å². The van der Waals surface area contributed by atoms with Crippen molar-refractivity contribution in [3.8, 4) is 0 Å². The number of aromatic nitrogens is 3. The molecule has 23 heavy (non-hydrogen) atoms. The molecule has 3 rings (SSSR count). The van der Waals surface area contributed by atoms with E-state index in [-0.39, 0.29) is 12.5 Å². The maximum Gasteiger partial charge on any atom is 0.325 e. The Kier molecular flexibility index (Phi) is 3.46. The summed E-state index contributed by atoms with van der Waals surface area (Å²) in [7, 11) is 1.77. The second-order valence-corrected chi connectivity index (χ2v) is 5.97. The highest BCUT2D eigenvalue weighted by Crippen LogP contribution is 2.28. The van der Waals surface area contributed by atoms with E-state index in [0.29, 0.717) is 17.7 Å². The second-order valence-electron chi connectivity index (χ2n) is 5.97. The summed E-state index contributed by atoms with van der Waals surface area (Å²) in [5.74, 6) is 0.437. The zero-order valence-electron chi connectivity index (χ0n) is 13.6. The van der Waals surface area contributed by atoms with Crippen LogP contribution in [0.4, 0.5) is 4.79 Å². The van der Waals surface area contributed by atoms with Crippen LogP contribution >= 0.6 is 0 Å². The molecule has 3 heterocycles. The third-order valence-corrected chi connectivity index (χ3v) is 4.32. The van der Waals surface area contributed by atoms with Gasteiger partial charge in [-0.25, -0.2) is 4.79 Å². The molecule has 0 spiro atoms. The van der Waals surface area contributed by atoms with Crippen molar-refractivity contribution >= 4 is 11.9 Å². The lowest BCUT2D eigenvalue weighted by molar-refractivity contribution is -0.131. The van der Waals surface area contributed by atoms with Gasteiger partial charge in [-0.1, -0.05) is 5.16 Å². The van der Waals surface area contributed by atoms with E-state index >= 15 is 0 Å². The van der Waals surface area contributed by atoms with E-state index in [1.807, 2.05) is 13.8 Å². The summed E-state index contributed by atoms with van der Waals surface area (Å²) in [6.45, 7) is 5.64. The van der Waals surface area contributed by atoms with E-state index in [2.05, 4.69) is 15.6 Å². The number of nitrogens with one attached hydrogen (secondary N) is 1. The summed E-state index contributed by atoms with van der Waals surface area (Å²) >= 11 is 0. The van der Waals surface area contributed by atoms with Gasteiger partial charge in [-0.3, -0.25) is 14.4 Å². The number of imide groups is 1. The minimum absolute atomic E-state index is 0.276. The van der Waals surface area contributed by atoms with Crippen LogP contribution in [0.3, 0.4) is 0 Å². The average Bonchev–Trinajstić information content (AvgIpc) is 3.12. The van der Waals surface area contributed by atoms with Crippen LogP contribution < -0.4 is 5.32 Å². The largest absolute Gasteiger partial charge is 0.361 e. The van der Waals surface area contributed by atoms with Gasteiger partial charge in [0.25, 0.3) is 5.91 Å². The van der Waals surface area contributed by atoms with Crippen LogP contribution in [0.5, 0.6) is 0 Å². The predicted octanol–water partition coefficient (Wildman–Crippen LogP) is 1.03. The molecule has 122 valence electrons. The van der Waals surface area contributed by atoms with Gasteiger partial charge in [0.05, 0.1) is 11.9 Å². The van der Waals surface area contributed by atoms with Gasteiger partial charge in [-0.15, -0.1) is 0 Å². The average molecular weight is 317 g/mol. The molecule has 1 atom stereocenters. The van der Waals surface area contributed by atoms with Crippen molar-refractivity contribution in [2.45, 2.75) is 32.7 Å². The first kappa shape index (κ1) is 15.3. The smallest absolute Gasteiger partial charge is 0.325 e. The number of nitrogens with zero attached hydrogens (tertiary/aromatic N) is 4. The van der Waals surface area contributed by atoms with Gasteiger partial charge < -0.3 is 9.84 Å². The Morgan fingerprint density at radius 2 is 2.09 bits per heavy atom. The normalized spacial score (nSPS) is 21.1. The number of hydrogen-bond acceptors (Lipinski definition) is 5. The number of carbonyl (C=O) groups excluding carboxylic acids is 2. The highest BCUT2D eigenvalue weighted by molar-refractivity contribution is 6.07. The summed E-state index contributed by atoms with van der Waals surface area (Å²) in [4.78, 5) is 26.2. The fraction of sp³-hybridized carbons (Fsp3) is 0.467. The van der Waals surface area contributed by atoms with E-state index in [1.165, 1.54) is 4.90 Å². The van der Waals surface area contributed by atoms with Crippen LogP contribution in [-0.2, 0) is 23.8 Å². The Hall–Kier alpha value is -2.64. The van der Waals surface area contributed by atoms with Crippen molar-refractivity contribution in [1.29, 1.82) is 0 Å². The molecule has 0 unspecified atom stereocenters.